The molecule has 0 unspecified atom stereocenters. The van der Waals surface area contributed by atoms with Gasteiger partial charge in [-0.25, -0.2) is 0 Å². The van der Waals surface area contributed by atoms with Gasteiger partial charge in [-0.3, -0.25) is 0 Å². The van der Waals surface area contributed by atoms with Crippen LogP contribution in [0.15, 0.2) is 6.33 Å². The smallest absolute Gasteiger partial charge is 0.134 e. The van der Waals surface area contributed by atoms with Crippen LogP contribution in [0, 0.1) is 0 Å². The van der Waals surface area contributed by atoms with Crippen LogP contribution in [0.2, 0.25) is 0 Å². The third kappa shape index (κ3) is 0.876. The minimum Gasteiger partial charge on any atom is -0.316 e. The first kappa shape index (κ1) is 6.60. The Morgan fingerprint density at radius 3 is 3.33 bits per heavy atom. The molecule has 1 aromatic rings. The molecule has 1 N–H and O–H groups in total. The van der Waals surface area contributed by atoms with Gasteiger partial charge in [0.2, 0.25) is 0 Å². The number of nitrogens with zero attached hydrogens (tertiary/aromatic N) is 3. The van der Waals surface area contributed by atoms with Crippen molar-refractivity contribution in [3.63, 3.8) is 0 Å². The largest absolute Gasteiger partial charge is 0.316 e. The molecular weight excluding hydrogens is 152 g/mol. The van der Waals surface area contributed by atoms with E-state index in [1.54, 1.807) is 0 Å². The van der Waals surface area contributed by atoms with Gasteiger partial charge in [-0.2, -0.15) is 0 Å². The molecule has 0 radical (unpaired) electrons. The summed E-state index contributed by atoms with van der Waals surface area (Å²) in [5.74, 6) is 1.15. The highest BCUT2D eigenvalue weighted by Gasteiger charge is 2.29. The van der Waals surface area contributed by atoms with E-state index in [0.717, 1.165) is 18.8 Å². The highest BCUT2D eigenvalue weighted by molar-refractivity contribution is 4.99. The molecule has 1 saturated heterocycles. The highest BCUT2D eigenvalue weighted by atomic mass is 15.3. The zero-order valence-electron chi connectivity index (χ0n) is 6.90. The molecule has 1 aromatic heterocycles. The highest BCUT2D eigenvalue weighted by Crippen LogP contribution is 2.20. The van der Waals surface area contributed by atoms with E-state index >= 15 is 0 Å². The fraction of sp³-hybridized carbons (Fsp3) is 0.750. The van der Waals surface area contributed by atoms with Gasteiger partial charge in [-0.05, 0) is 12.8 Å². The van der Waals surface area contributed by atoms with E-state index < -0.39 is 0 Å². The topological polar surface area (TPSA) is 42.7 Å². The van der Waals surface area contributed by atoms with Gasteiger partial charge in [0.15, 0.2) is 0 Å². The van der Waals surface area contributed by atoms with Gasteiger partial charge >= 0.3 is 0 Å². The number of fused-ring (bicyclic) bond motifs is 3. The SMILES string of the molecule is c1nnc2n1C[C@@H]1CC[C@H](C2)N1. The summed E-state index contributed by atoms with van der Waals surface area (Å²) >= 11 is 0. The Hall–Kier alpha value is -0.900. The molecule has 0 saturated carbocycles. The Kier molecular flexibility index (Phi) is 1.26. The van der Waals surface area contributed by atoms with Crippen LogP contribution < -0.4 is 5.32 Å². The normalized spacial score (nSPS) is 33.0. The molecule has 12 heavy (non-hydrogen) atoms. The maximum Gasteiger partial charge on any atom is 0.134 e. The fourth-order valence-electron chi connectivity index (χ4n) is 2.25. The van der Waals surface area contributed by atoms with Crippen molar-refractivity contribution in [2.24, 2.45) is 0 Å². The first-order valence-corrected chi connectivity index (χ1v) is 4.54. The molecule has 0 spiro atoms. The first-order chi connectivity index (χ1) is 5.92. The molecule has 2 bridgehead atoms. The zero-order valence-corrected chi connectivity index (χ0v) is 6.90. The van der Waals surface area contributed by atoms with Crippen LogP contribution in [0.1, 0.15) is 18.7 Å². The molecule has 3 heterocycles. The van der Waals surface area contributed by atoms with Crippen molar-refractivity contribution >= 4 is 0 Å². The van der Waals surface area contributed by atoms with Gasteiger partial charge < -0.3 is 9.88 Å². The Morgan fingerprint density at radius 2 is 2.33 bits per heavy atom. The quantitative estimate of drug-likeness (QED) is 0.585. The average molecular weight is 164 g/mol. The Morgan fingerprint density at radius 1 is 1.42 bits per heavy atom. The molecule has 64 valence electrons. The van der Waals surface area contributed by atoms with Gasteiger partial charge in [0.1, 0.15) is 12.2 Å². The number of rotatable bonds is 0. The lowest BCUT2D eigenvalue weighted by atomic mass is 10.1. The minimum atomic E-state index is 0.653. The summed E-state index contributed by atoms with van der Waals surface area (Å²) in [6.07, 6.45) is 5.51. The third-order valence-electron chi connectivity index (χ3n) is 2.88. The summed E-state index contributed by atoms with van der Waals surface area (Å²) in [4.78, 5) is 0. The fourth-order valence-corrected chi connectivity index (χ4v) is 2.25. The van der Waals surface area contributed by atoms with E-state index in [0.29, 0.717) is 12.1 Å². The number of nitrogens with one attached hydrogen (secondary N) is 1. The minimum absolute atomic E-state index is 0.653. The summed E-state index contributed by atoms with van der Waals surface area (Å²) in [7, 11) is 0. The molecule has 2 atom stereocenters. The van der Waals surface area contributed by atoms with Gasteiger partial charge in [-0.15, -0.1) is 10.2 Å². The lowest BCUT2D eigenvalue weighted by molar-refractivity contribution is 0.507. The number of hydrogen-bond donors (Lipinski definition) is 1. The molecular formula is C8H12N4. The Balaban J connectivity index is 2.00. The third-order valence-corrected chi connectivity index (χ3v) is 2.88. The van der Waals surface area contributed by atoms with Crippen molar-refractivity contribution in [1.82, 2.24) is 20.1 Å². The van der Waals surface area contributed by atoms with Crippen LogP contribution in [0.25, 0.3) is 0 Å². The predicted molar refractivity (Wildman–Crippen MR) is 43.7 cm³/mol. The molecule has 0 aliphatic carbocycles. The van der Waals surface area contributed by atoms with Crippen LogP contribution in [0.3, 0.4) is 0 Å². The van der Waals surface area contributed by atoms with Crippen LogP contribution >= 0.6 is 0 Å². The van der Waals surface area contributed by atoms with E-state index in [4.69, 9.17) is 0 Å². The van der Waals surface area contributed by atoms with E-state index in [1.807, 2.05) is 6.33 Å². The summed E-state index contributed by atoms with van der Waals surface area (Å²) in [5, 5.41) is 11.6. The second-order valence-electron chi connectivity index (χ2n) is 3.74. The van der Waals surface area contributed by atoms with E-state index in [2.05, 4.69) is 20.1 Å². The standard InChI is InChI=1S/C8H12N4/c1-2-7-4-12-5-9-11-8(12)3-6(1)10-7/h5-7,10H,1-4H2/t6-,7+/m1/s1. The van der Waals surface area contributed by atoms with Crippen molar-refractivity contribution in [2.45, 2.75) is 37.9 Å². The van der Waals surface area contributed by atoms with Crippen LogP contribution in [0.4, 0.5) is 0 Å². The molecule has 4 nitrogen and oxygen atoms in total. The predicted octanol–water partition coefficient (Wildman–Crippen LogP) is -0.0452. The molecule has 3 rings (SSSR count). The number of hydrogen-bond acceptors (Lipinski definition) is 3. The van der Waals surface area contributed by atoms with E-state index in [9.17, 15) is 0 Å². The van der Waals surface area contributed by atoms with Crippen molar-refractivity contribution in [2.75, 3.05) is 0 Å². The lowest BCUT2D eigenvalue weighted by Gasteiger charge is -2.08. The first-order valence-electron chi connectivity index (χ1n) is 4.54. The van der Waals surface area contributed by atoms with Crippen LogP contribution in [0.5, 0.6) is 0 Å². The summed E-state index contributed by atoms with van der Waals surface area (Å²) in [5.41, 5.74) is 0. The van der Waals surface area contributed by atoms with Crippen molar-refractivity contribution in [3.8, 4) is 0 Å². The molecule has 2 aliphatic rings. The lowest BCUT2D eigenvalue weighted by Crippen LogP contribution is -2.30. The van der Waals surface area contributed by atoms with Crippen molar-refractivity contribution < 1.29 is 0 Å². The Bertz CT molecular complexity index is 267. The van der Waals surface area contributed by atoms with Crippen LogP contribution in [-0.2, 0) is 13.0 Å². The molecule has 0 amide bonds. The second kappa shape index (κ2) is 2.29. The Labute approximate surface area is 71.0 Å². The maximum atomic E-state index is 4.11. The molecule has 4 heteroatoms. The van der Waals surface area contributed by atoms with E-state index in [1.165, 1.54) is 12.8 Å². The summed E-state index contributed by atoms with van der Waals surface area (Å²) in [6, 6.07) is 1.31. The average Bonchev–Trinajstić information content (AvgIpc) is 2.59. The summed E-state index contributed by atoms with van der Waals surface area (Å²) in [6.45, 7) is 1.05. The van der Waals surface area contributed by atoms with Crippen LogP contribution in [-0.4, -0.2) is 26.8 Å². The van der Waals surface area contributed by atoms with Crippen molar-refractivity contribution in [3.05, 3.63) is 12.2 Å². The molecule has 0 aromatic carbocycles. The number of aromatic nitrogens is 3. The molecule has 1 fully saturated rings. The monoisotopic (exact) mass is 164 g/mol. The second-order valence-corrected chi connectivity index (χ2v) is 3.74. The van der Waals surface area contributed by atoms with Gasteiger partial charge in [-0.1, -0.05) is 0 Å². The van der Waals surface area contributed by atoms with Crippen molar-refractivity contribution in [1.29, 1.82) is 0 Å². The van der Waals surface area contributed by atoms with Gasteiger partial charge in [0, 0.05) is 25.0 Å². The molecule has 2 aliphatic heterocycles. The summed E-state index contributed by atoms with van der Waals surface area (Å²) < 4.78 is 2.18. The van der Waals surface area contributed by atoms with Gasteiger partial charge in [0.25, 0.3) is 0 Å². The maximum absolute atomic E-state index is 4.11. The van der Waals surface area contributed by atoms with Gasteiger partial charge in [0.05, 0.1) is 0 Å². The van der Waals surface area contributed by atoms with E-state index in [-0.39, 0.29) is 0 Å². The zero-order chi connectivity index (χ0) is 7.97.